The predicted molar refractivity (Wildman–Crippen MR) is 93.5 cm³/mol. The zero-order chi connectivity index (χ0) is 17.2. The highest BCUT2D eigenvalue weighted by Crippen LogP contribution is 2.16. The average molecular weight is 346 g/mol. The molecule has 0 spiro atoms. The number of benzene rings is 2. The van der Waals surface area contributed by atoms with Crippen LogP contribution in [0.15, 0.2) is 59.5 Å². The van der Waals surface area contributed by atoms with Crippen molar-refractivity contribution in [3.63, 3.8) is 0 Å². The Morgan fingerprint density at radius 3 is 2.46 bits per heavy atom. The minimum atomic E-state index is -0.439. The molecule has 0 aliphatic heterocycles. The number of halogens is 1. The summed E-state index contributed by atoms with van der Waals surface area (Å²) >= 11 is 1.48. The summed E-state index contributed by atoms with van der Waals surface area (Å²) in [5.41, 5.74) is 0.290. The van der Waals surface area contributed by atoms with Gasteiger partial charge in [0.15, 0.2) is 0 Å². The number of amides is 2. The monoisotopic (exact) mass is 346 g/mol. The Morgan fingerprint density at radius 1 is 0.958 bits per heavy atom. The molecule has 2 N–H and O–H groups in total. The first-order chi connectivity index (χ1) is 11.6. The van der Waals surface area contributed by atoms with Gasteiger partial charge in [0.25, 0.3) is 5.91 Å². The Balaban J connectivity index is 1.57. The lowest BCUT2D eigenvalue weighted by molar-refractivity contribution is -0.118. The van der Waals surface area contributed by atoms with Crippen LogP contribution in [-0.2, 0) is 4.79 Å². The minimum Gasteiger partial charge on any atom is -0.355 e. The van der Waals surface area contributed by atoms with Crippen LogP contribution in [-0.4, -0.2) is 30.7 Å². The Kier molecular flexibility index (Phi) is 7.29. The van der Waals surface area contributed by atoms with Gasteiger partial charge in [-0.05, 0) is 36.8 Å². The van der Waals surface area contributed by atoms with Crippen LogP contribution in [0.5, 0.6) is 0 Å². The highest BCUT2D eigenvalue weighted by atomic mass is 32.2. The van der Waals surface area contributed by atoms with E-state index in [1.165, 1.54) is 30.0 Å². The van der Waals surface area contributed by atoms with E-state index in [-0.39, 0.29) is 11.8 Å². The summed E-state index contributed by atoms with van der Waals surface area (Å²) in [5, 5.41) is 5.50. The highest BCUT2D eigenvalue weighted by molar-refractivity contribution is 8.00. The number of rotatable bonds is 8. The topological polar surface area (TPSA) is 58.2 Å². The maximum absolute atomic E-state index is 13.0. The smallest absolute Gasteiger partial charge is 0.251 e. The fourth-order valence-electron chi connectivity index (χ4n) is 1.97. The SMILES string of the molecule is O=C(CSc1ccccc1)NCCCNC(=O)c1cccc(F)c1. The molecule has 0 atom stereocenters. The van der Waals surface area contributed by atoms with Gasteiger partial charge in [-0.3, -0.25) is 9.59 Å². The van der Waals surface area contributed by atoms with Crippen molar-refractivity contribution in [1.29, 1.82) is 0 Å². The average Bonchev–Trinajstić information content (AvgIpc) is 2.60. The van der Waals surface area contributed by atoms with Crippen LogP contribution < -0.4 is 10.6 Å². The number of thioether (sulfide) groups is 1. The van der Waals surface area contributed by atoms with Crippen molar-refractivity contribution >= 4 is 23.6 Å². The molecule has 24 heavy (non-hydrogen) atoms. The van der Waals surface area contributed by atoms with Crippen LogP contribution in [0.1, 0.15) is 16.8 Å². The summed E-state index contributed by atoms with van der Waals surface area (Å²) in [5.74, 6) is -0.439. The second-order valence-electron chi connectivity index (χ2n) is 5.07. The van der Waals surface area contributed by atoms with E-state index in [1.807, 2.05) is 30.3 Å². The molecule has 0 saturated carbocycles. The lowest BCUT2D eigenvalue weighted by Gasteiger charge is -2.07. The third kappa shape index (κ3) is 6.42. The molecule has 0 fully saturated rings. The molecule has 0 unspecified atom stereocenters. The van der Waals surface area contributed by atoms with Gasteiger partial charge in [0.1, 0.15) is 5.82 Å². The van der Waals surface area contributed by atoms with Crippen LogP contribution in [0, 0.1) is 5.82 Å². The van der Waals surface area contributed by atoms with Crippen molar-refractivity contribution < 1.29 is 14.0 Å². The molecule has 4 nitrogen and oxygen atoms in total. The Bertz CT molecular complexity index is 680. The summed E-state index contributed by atoms with van der Waals surface area (Å²) in [7, 11) is 0. The van der Waals surface area contributed by atoms with E-state index >= 15 is 0 Å². The summed E-state index contributed by atoms with van der Waals surface area (Å²) < 4.78 is 13.0. The Morgan fingerprint density at radius 2 is 1.71 bits per heavy atom. The van der Waals surface area contributed by atoms with Gasteiger partial charge in [-0.25, -0.2) is 4.39 Å². The van der Waals surface area contributed by atoms with Crippen molar-refractivity contribution in [2.75, 3.05) is 18.8 Å². The summed E-state index contributed by atoms with van der Waals surface area (Å²) in [6.07, 6.45) is 0.614. The molecule has 0 radical (unpaired) electrons. The fraction of sp³-hybridized carbons (Fsp3) is 0.222. The highest BCUT2D eigenvalue weighted by Gasteiger charge is 2.06. The van der Waals surface area contributed by atoms with Gasteiger partial charge in [0, 0.05) is 23.5 Å². The lowest BCUT2D eigenvalue weighted by Crippen LogP contribution is -2.30. The Labute approximate surface area is 144 Å². The minimum absolute atomic E-state index is 0.0414. The van der Waals surface area contributed by atoms with E-state index < -0.39 is 5.82 Å². The number of carbonyl (C=O) groups excluding carboxylic acids is 2. The molecule has 2 aromatic carbocycles. The molecule has 126 valence electrons. The maximum atomic E-state index is 13.0. The molecule has 0 heterocycles. The largest absolute Gasteiger partial charge is 0.355 e. The zero-order valence-corrected chi connectivity index (χ0v) is 13.9. The van der Waals surface area contributed by atoms with Crippen LogP contribution in [0.4, 0.5) is 4.39 Å². The van der Waals surface area contributed by atoms with Crippen LogP contribution in [0.2, 0.25) is 0 Å². The number of nitrogens with one attached hydrogen (secondary N) is 2. The van der Waals surface area contributed by atoms with Gasteiger partial charge in [0.05, 0.1) is 5.75 Å². The van der Waals surface area contributed by atoms with Crippen molar-refractivity contribution in [2.24, 2.45) is 0 Å². The van der Waals surface area contributed by atoms with Gasteiger partial charge < -0.3 is 10.6 Å². The van der Waals surface area contributed by atoms with Crippen LogP contribution in [0.3, 0.4) is 0 Å². The van der Waals surface area contributed by atoms with Gasteiger partial charge in [-0.2, -0.15) is 0 Å². The molecule has 2 aromatic rings. The number of hydrogen-bond acceptors (Lipinski definition) is 3. The van der Waals surface area contributed by atoms with Gasteiger partial charge in [0.2, 0.25) is 5.91 Å². The molecule has 2 rings (SSSR count). The standard InChI is InChI=1S/C18H19FN2O2S/c19-15-7-4-6-14(12-15)18(23)21-11-5-10-20-17(22)13-24-16-8-2-1-3-9-16/h1-4,6-9,12H,5,10-11,13H2,(H,20,22)(H,21,23). The summed E-state index contributed by atoms with van der Waals surface area (Å²) in [4.78, 5) is 24.5. The van der Waals surface area contributed by atoms with E-state index in [2.05, 4.69) is 10.6 Å². The first-order valence-electron chi connectivity index (χ1n) is 7.63. The predicted octanol–water partition coefficient (Wildman–Crippen LogP) is 2.85. The van der Waals surface area contributed by atoms with Crippen LogP contribution in [0.25, 0.3) is 0 Å². The second-order valence-corrected chi connectivity index (χ2v) is 6.12. The zero-order valence-electron chi connectivity index (χ0n) is 13.1. The molecular weight excluding hydrogens is 327 g/mol. The molecule has 6 heteroatoms. The number of hydrogen-bond donors (Lipinski definition) is 2. The van der Waals surface area contributed by atoms with E-state index in [0.29, 0.717) is 30.8 Å². The van der Waals surface area contributed by atoms with Crippen molar-refractivity contribution in [1.82, 2.24) is 10.6 Å². The summed E-state index contributed by atoms with van der Waals surface area (Å²) in [6, 6.07) is 15.2. The van der Waals surface area contributed by atoms with E-state index in [4.69, 9.17) is 0 Å². The van der Waals surface area contributed by atoms with E-state index in [1.54, 1.807) is 6.07 Å². The first kappa shape index (κ1) is 18.0. The molecule has 0 aromatic heterocycles. The second kappa shape index (κ2) is 9.72. The molecular formula is C18H19FN2O2S. The number of carbonyl (C=O) groups is 2. The van der Waals surface area contributed by atoms with E-state index in [0.717, 1.165) is 4.90 Å². The Hall–Kier alpha value is -2.34. The normalized spacial score (nSPS) is 10.2. The van der Waals surface area contributed by atoms with Crippen molar-refractivity contribution in [3.05, 3.63) is 66.0 Å². The van der Waals surface area contributed by atoms with E-state index in [9.17, 15) is 14.0 Å². The van der Waals surface area contributed by atoms with Crippen molar-refractivity contribution in [2.45, 2.75) is 11.3 Å². The molecule has 0 bridgehead atoms. The molecule has 0 aliphatic rings. The molecule has 0 aliphatic carbocycles. The van der Waals surface area contributed by atoms with Crippen LogP contribution >= 0.6 is 11.8 Å². The fourth-order valence-corrected chi connectivity index (χ4v) is 2.72. The first-order valence-corrected chi connectivity index (χ1v) is 8.62. The third-order valence-corrected chi connectivity index (χ3v) is 4.17. The maximum Gasteiger partial charge on any atom is 0.251 e. The van der Waals surface area contributed by atoms with Gasteiger partial charge in [-0.15, -0.1) is 11.8 Å². The van der Waals surface area contributed by atoms with Gasteiger partial charge in [-0.1, -0.05) is 24.3 Å². The summed E-state index contributed by atoms with van der Waals surface area (Å²) in [6.45, 7) is 0.902. The quantitative estimate of drug-likeness (QED) is 0.571. The van der Waals surface area contributed by atoms with Crippen molar-refractivity contribution in [3.8, 4) is 0 Å². The molecule has 2 amide bonds. The third-order valence-electron chi connectivity index (χ3n) is 3.16. The molecule has 0 saturated heterocycles. The van der Waals surface area contributed by atoms with Gasteiger partial charge >= 0.3 is 0 Å². The lowest BCUT2D eigenvalue weighted by atomic mass is 10.2.